The van der Waals surface area contributed by atoms with Gasteiger partial charge in [0, 0.05) is 38.1 Å². The fourth-order valence-electron chi connectivity index (χ4n) is 3.76. The van der Waals surface area contributed by atoms with Crippen LogP contribution in [0.2, 0.25) is 0 Å². The number of carbonyl (C=O) groups is 1. The number of likely N-dealkylation sites (tertiary alicyclic amines) is 2. The van der Waals surface area contributed by atoms with E-state index in [0.717, 1.165) is 32.5 Å². The van der Waals surface area contributed by atoms with Gasteiger partial charge in [0.15, 0.2) is 0 Å². The molecule has 2 fully saturated rings. The van der Waals surface area contributed by atoms with E-state index in [-0.39, 0.29) is 5.91 Å². The monoisotopic (exact) mass is 331 g/mol. The third-order valence-corrected chi connectivity index (χ3v) is 5.14. The zero-order valence-electron chi connectivity index (χ0n) is 14.7. The fraction of sp³-hybridized carbons (Fsp3) is 0.722. The van der Waals surface area contributed by atoms with E-state index in [0.29, 0.717) is 17.6 Å². The van der Waals surface area contributed by atoms with Crippen LogP contribution < -0.4 is 5.32 Å². The van der Waals surface area contributed by atoms with Gasteiger partial charge in [-0.25, -0.2) is 9.97 Å². The summed E-state index contributed by atoms with van der Waals surface area (Å²) in [5, 5.41) is 3.05. The van der Waals surface area contributed by atoms with Crippen molar-refractivity contribution in [3.05, 3.63) is 18.0 Å². The van der Waals surface area contributed by atoms with Gasteiger partial charge in [-0.1, -0.05) is 12.8 Å². The first-order valence-electron chi connectivity index (χ1n) is 9.37. The Kier molecular flexibility index (Phi) is 6.01. The van der Waals surface area contributed by atoms with Gasteiger partial charge >= 0.3 is 0 Å². The Morgan fingerprint density at radius 2 is 1.71 bits per heavy atom. The van der Waals surface area contributed by atoms with Crippen LogP contribution in [0.1, 0.15) is 55.8 Å². The van der Waals surface area contributed by atoms with Crippen LogP contribution in [0, 0.1) is 0 Å². The number of nitrogens with zero attached hydrogens (tertiary/aromatic N) is 4. The molecule has 1 N–H and O–H groups in total. The zero-order valence-corrected chi connectivity index (χ0v) is 14.7. The highest BCUT2D eigenvalue weighted by atomic mass is 16.2. The summed E-state index contributed by atoms with van der Waals surface area (Å²) in [7, 11) is 0. The first-order chi connectivity index (χ1) is 11.8. The molecule has 2 aliphatic heterocycles. The number of hydrogen-bond donors (Lipinski definition) is 1. The highest BCUT2D eigenvalue weighted by Gasteiger charge is 2.27. The van der Waals surface area contributed by atoms with Crippen molar-refractivity contribution < 1.29 is 4.79 Å². The van der Waals surface area contributed by atoms with Gasteiger partial charge in [-0.05, 0) is 45.7 Å². The average molecular weight is 331 g/mol. The Bertz CT molecular complexity index is 517. The molecule has 0 aliphatic carbocycles. The number of carbonyl (C=O) groups excluding carboxylic acids is 1. The summed E-state index contributed by atoms with van der Waals surface area (Å²) >= 11 is 0. The van der Waals surface area contributed by atoms with Crippen LogP contribution in [0.15, 0.2) is 12.4 Å². The van der Waals surface area contributed by atoms with Crippen molar-refractivity contribution in [2.24, 2.45) is 0 Å². The lowest BCUT2D eigenvalue weighted by atomic mass is 10.0. The number of hydrogen-bond acceptors (Lipinski definition) is 5. The van der Waals surface area contributed by atoms with Gasteiger partial charge in [0.1, 0.15) is 0 Å². The lowest BCUT2D eigenvalue weighted by Crippen LogP contribution is -2.47. The lowest BCUT2D eigenvalue weighted by molar-refractivity contribution is 0.0622. The Hall–Kier alpha value is -1.69. The van der Waals surface area contributed by atoms with E-state index in [1.807, 2.05) is 11.8 Å². The molecule has 0 atom stereocenters. The number of nitrogens with one attached hydrogen (secondary N) is 1. The fourth-order valence-corrected chi connectivity index (χ4v) is 3.76. The van der Waals surface area contributed by atoms with Gasteiger partial charge in [-0.2, -0.15) is 0 Å². The van der Waals surface area contributed by atoms with E-state index in [1.165, 1.54) is 38.8 Å². The second kappa shape index (κ2) is 8.42. The summed E-state index contributed by atoms with van der Waals surface area (Å²) in [4.78, 5) is 25.6. The van der Waals surface area contributed by atoms with E-state index in [9.17, 15) is 4.79 Å². The van der Waals surface area contributed by atoms with Gasteiger partial charge < -0.3 is 15.1 Å². The maximum atomic E-state index is 12.6. The molecule has 3 heterocycles. The molecule has 0 unspecified atom stereocenters. The van der Waals surface area contributed by atoms with E-state index < -0.39 is 0 Å². The van der Waals surface area contributed by atoms with Crippen molar-refractivity contribution >= 4 is 11.9 Å². The molecule has 2 aliphatic rings. The molecule has 1 aromatic rings. The molecule has 0 saturated carbocycles. The van der Waals surface area contributed by atoms with Crippen molar-refractivity contribution in [2.45, 2.75) is 51.5 Å². The smallest absolute Gasteiger partial charge is 0.256 e. The van der Waals surface area contributed by atoms with Crippen molar-refractivity contribution in [3.8, 4) is 0 Å². The standard InChI is InChI=1S/C18H29N5O/c1-2-19-18-20-13-15(14-21-18)17(24)23-11-7-16(8-12-23)22-9-5-3-4-6-10-22/h13-14,16H,2-12H2,1H3,(H,19,20,21). The SMILES string of the molecule is CCNc1ncc(C(=O)N2CCC(N3CCCCCC3)CC2)cn1. The van der Waals surface area contributed by atoms with Crippen molar-refractivity contribution in [3.63, 3.8) is 0 Å². The highest BCUT2D eigenvalue weighted by molar-refractivity contribution is 5.93. The minimum absolute atomic E-state index is 0.0624. The molecule has 1 aromatic heterocycles. The summed E-state index contributed by atoms with van der Waals surface area (Å²) in [6.45, 7) is 6.93. The molecule has 0 spiro atoms. The van der Waals surface area contributed by atoms with Gasteiger partial charge in [-0.3, -0.25) is 4.79 Å². The van der Waals surface area contributed by atoms with E-state index in [2.05, 4.69) is 20.2 Å². The molecular weight excluding hydrogens is 302 g/mol. The number of rotatable bonds is 4. The van der Waals surface area contributed by atoms with Crippen molar-refractivity contribution in [1.29, 1.82) is 0 Å². The number of aromatic nitrogens is 2. The van der Waals surface area contributed by atoms with Crippen LogP contribution in [0.5, 0.6) is 0 Å². The third-order valence-electron chi connectivity index (χ3n) is 5.14. The third kappa shape index (κ3) is 4.23. The van der Waals surface area contributed by atoms with Crippen LogP contribution in [0.3, 0.4) is 0 Å². The highest BCUT2D eigenvalue weighted by Crippen LogP contribution is 2.21. The first kappa shape index (κ1) is 17.1. The van der Waals surface area contributed by atoms with Crippen LogP contribution >= 0.6 is 0 Å². The molecule has 1 amide bonds. The first-order valence-corrected chi connectivity index (χ1v) is 9.37. The van der Waals surface area contributed by atoms with E-state index in [4.69, 9.17) is 0 Å². The maximum absolute atomic E-state index is 12.6. The Morgan fingerprint density at radius 1 is 1.08 bits per heavy atom. The van der Waals surface area contributed by atoms with Crippen LogP contribution in [-0.4, -0.2) is 64.4 Å². The number of piperidine rings is 1. The quantitative estimate of drug-likeness (QED) is 0.918. The topological polar surface area (TPSA) is 61.4 Å². The zero-order chi connectivity index (χ0) is 16.8. The summed E-state index contributed by atoms with van der Waals surface area (Å²) in [5.41, 5.74) is 0.588. The molecule has 0 radical (unpaired) electrons. The second-order valence-electron chi connectivity index (χ2n) is 6.80. The average Bonchev–Trinajstić information content (AvgIpc) is 2.92. The number of anilines is 1. The minimum Gasteiger partial charge on any atom is -0.355 e. The molecule has 0 aromatic carbocycles. The van der Waals surface area contributed by atoms with E-state index >= 15 is 0 Å². The van der Waals surface area contributed by atoms with Gasteiger partial charge in [0.25, 0.3) is 5.91 Å². The molecule has 3 rings (SSSR count). The summed E-state index contributed by atoms with van der Waals surface area (Å²) in [5.74, 6) is 0.640. The van der Waals surface area contributed by atoms with Crippen LogP contribution in [0.25, 0.3) is 0 Å². The Morgan fingerprint density at radius 3 is 2.29 bits per heavy atom. The molecule has 6 nitrogen and oxygen atoms in total. The van der Waals surface area contributed by atoms with Gasteiger partial charge in [0.2, 0.25) is 5.95 Å². The number of amides is 1. The second-order valence-corrected chi connectivity index (χ2v) is 6.80. The van der Waals surface area contributed by atoms with Crippen LogP contribution in [-0.2, 0) is 0 Å². The molecule has 6 heteroatoms. The largest absolute Gasteiger partial charge is 0.355 e. The Labute approximate surface area is 144 Å². The predicted molar refractivity (Wildman–Crippen MR) is 95.2 cm³/mol. The molecular formula is C18H29N5O. The van der Waals surface area contributed by atoms with Crippen molar-refractivity contribution in [2.75, 3.05) is 38.0 Å². The lowest BCUT2D eigenvalue weighted by Gasteiger charge is -2.38. The van der Waals surface area contributed by atoms with Gasteiger partial charge in [0.05, 0.1) is 5.56 Å². The maximum Gasteiger partial charge on any atom is 0.256 e. The predicted octanol–water partition coefficient (Wildman–Crippen LogP) is 2.39. The molecule has 2 saturated heterocycles. The summed E-state index contributed by atoms with van der Waals surface area (Å²) in [6.07, 6.45) is 10.8. The summed E-state index contributed by atoms with van der Waals surface area (Å²) in [6, 6.07) is 0.652. The van der Waals surface area contributed by atoms with Crippen LogP contribution in [0.4, 0.5) is 5.95 Å². The minimum atomic E-state index is 0.0624. The van der Waals surface area contributed by atoms with Gasteiger partial charge in [-0.15, -0.1) is 0 Å². The normalized spacial score (nSPS) is 20.6. The Balaban J connectivity index is 1.52. The molecule has 0 bridgehead atoms. The molecule has 132 valence electrons. The van der Waals surface area contributed by atoms with E-state index in [1.54, 1.807) is 12.4 Å². The molecule has 24 heavy (non-hydrogen) atoms. The van der Waals surface area contributed by atoms with Crippen molar-refractivity contribution in [1.82, 2.24) is 19.8 Å². The summed E-state index contributed by atoms with van der Waals surface area (Å²) < 4.78 is 0.